The lowest BCUT2D eigenvalue weighted by atomic mass is 9.98. The van der Waals surface area contributed by atoms with Gasteiger partial charge in [0.25, 0.3) is 17.7 Å². The molecule has 2 aromatic carbocycles. The average molecular weight is 480 g/mol. The fraction of sp³-hybridized carbons (Fsp3) is 0.250. The summed E-state index contributed by atoms with van der Waals surface area (Å²) in [7, 11) is 3.03. The molecular formula is C24H21FN4O6. The Morgan fingerprint density at radius 1 is 1.11 bits per heavy atom. The molecule has 3 aliphatic heterocycles. The fourth-order valence-electron chi connectivity index (χ4n) is 4.37. The second kappa shape index (κ2) is 8.42. The van der Waals surface area contributed by atoms with E-state index in [9.17, 15) is 23.6 Å². The Bertz CT molecular complexity index is 1410. The van der Waals surface area contributed by atoms with Crippen molar-refractivity contribution >= 4 is 34.7 Å². The SMILES string of the molecule is COc1ccc2c(c1F)C(=O)N(C)C2.O=C1NC(=O)C(c2cc3cc4c(cc3o2)C(=O)NCC4)N1. The van der Waals surface area contributed by atoms with Crippen LogP contribution in [-0.2, 0) is 17.8 Å². The minimum absolute atomic E-state index is 0.118. The largest absolute Gasteiger partial charge is 0.494 e. The molecule has 4 heterocycles. The Balaban J connectivity index is 0.000000158. The monoisotopic (exact) mass is 480 g/mol. The van der Waals surface area contributed by atoms with E-state index in [4.69, 9.17) is 9.15 Å². The van der Waals surface area contributed by atoms with Crippen LogP contribution in [0.15, 0.2) is 34.7 Å². The van der Waals surface area contributed by atoms with Gasteiger partial charge in [-0.15, -0.1) is 0 Å². The summed E-state index contributed by atoms with van der Waals surface area (Å²) in [5, 5.41) is 8.23. The Kier molecular flexibility index (Phi) is 5.39. The molecule has 3 aliphatic rings. The molecule has 5 amide bonds. The second-order valence-corrected chi connectivity index (χ2v) is 8.37. The van der Waals surface area contributed by atoms with Gasteiger partial charge < -0.3 is 24.7 Å². The van der Waals surface area contributed by atoms with Gasteiger partial charge in [0.15, 0.2) is 17.6 Å². The molecule has 1 unspecified atom stereocenters. The Labute approximate surface area is 198 Å². The van der Waals surface area contributed by atoms with Gasteiger partial charge in [-0.05, 0) is 41.8 Å². The van der Waals surface area contributed by atoms with Crippen molar-refractivity contribution in [1.29, 1.82) is 0 Å². The van der Waals surface area contributed by atoms with Gasteiger partial charge in [0.05, 0.1) is 12.7 Å². The maximum Gasteiger partial charge on any atom is 0.322 e. The van der Waals surface area contributed by atoms with Gasteiger partial charge in [-0.1, -0.05) is 6.07 Å². The zero-order valence-electron chi connectivity index (χ0n) is 18.9. The first-order valence-corrected chi connectivity index (χ1v) is 10.8. The number of benzene rings is 2. The number of methoxy groups -OCH3 is 1. The van der Waals surface area contributed by atoms with Crippen LogP contribution in [0, 0.1) is 5.82 Å². The molecule has 6 rings (SSSR count). The number of nitrogens with zero attached hydrogens (tertiary/aromatic N) is 1. The first kappa shape index (κ1) is 22.4. The number of halogens is 1. The molecule has 3 N–H and O–H groups in total. The maximum atomic E-state index is 13.6. The molecule has 1 fully saturated rings. The predicted molar refractivity (Wildman–Crippen MR) is 120 cm³/mol. The fourth-order valence-corrected chi connectivity index (χ4v) is 4.37. The topological polar surface area (TPSA) is 130 Å². The van der Waals surface area contributed by atoms with Crippen molar-refractivity contribution < 1.29 is 32.7 Å². The lowest BCUT2D eigenvalue weighted by Crippen LogP contribution is -2.31. The minimum Gasteiger partial charge on any atom is -0.494 e. The van der Waals surface area contributed by atoms with Crippen LogP contribution in [0.3, 0.4) is 0 Å². The summed E-state index contributed by atoms with van der Waals surface area (Å²) in [6.07, 6.45) is 0.762. The summed E-state index contributed by atoms with van der Waals surface area (Å²) in [5.74, 6) is -0.927. The van der Waals surface area contributed by atoms with E-state index in [0.29, 0.717) is 30.0 Å². The summed E-state index contributed by atoms with van der Waals surface area (Å²) in [6.45, 7) is 1.08. The molecule has 11 heteroatoms. The van der Waals surface area contributed by atoms with Crippen LogP contribution in [0.1, 0.15) is 43.6 Å². The van der Waals surface area contributed by atoms with Gasteiger partial charge in [-0.2, -0.15) is 0 Å². The molecule has 35 heavy (non-hydrogen) atoms. The molecule has 0 spiro atoms. The quantitative estimate of drug-likeness (QED) is 0.481. The van der Waals surface area contributed by atoms with E-state index in [1.165, 1.54) is 12.0 Å². The number of furan rings is 1. The van der Waals surface area contributed by atoms with Gasteiger partial charge >= 0.3 is 6.03 Å². The highest BCUT2D eigenvalue weighted by Gasteiger charge is 2.34. The Morgan fingerprint density at radius 3 is 2.63 bits per heavy atom. The van der Waals surface area contributed by atoms with Crippen molar-refractivity contribution in [3.63, 3.8) is 0 Å². The van der Waals surface area contributed by atoms with Crippen LogP contribution >= 0.6 is 0 Å². The van der Waals surface area contributed by atoms with Crippen LogP contribution in [0.4, 0.5) is 9.18 Å². The molecule has 0 aliphatic carbocycles. The van der Waals surface area contributed by atoms with E-state index in [1.54, 1.807) is 31.3 Å². The van der Waals surface area contributed by atoms with Crippen LogP contribution in [-0.4, -0.2) is 49.4 Å². The van der Waals surface area contributed by atoms with Gasteiger partial charge in [-0.3, -0.25) is 19.7 Å². The van der Waals surface area contributed by atoms with E-state index >= 15 is 0 Å². The molecule has 180 valence electrons. The summed E-state index contributed by atoms with van der Waals surface area (Å²) in [4.78, 5) is 47.6. The van der Waals surface area contributed by atoms with E-state index in [2.05, 4.69) is 16.0 Å². The number of hydrogen-bond donors (Lipinski definition) is 3. The molecule has 3 aromatic rings. The number of rotatable bonds is 2. The highest BCUT2D eigenvalue weighted by Crippen LogP contribution is 2.30. The normalized spacial score (nSPS) is 18.4. The smallest absolute Gasteiger partial charge is 0.322 e. The van der Waals surface area contributed by atoms with Crippen LogP contribution in [0.25, 0.3) is 11.0 Å². The third-order valence-corrected chi connectivity index (χ3v) is 6.13. The average Bonchev–Trinajstić information content (AvgIpc) is 3.48. The van der Waals surface area contributed by atoms with E-state index in [1.807, 2.05) is 6.07 Å². The summed E-state index contributed by atoms with van der Waals surface area (Å²) in [5.41, 5.74) is 2.94. The molecule has 1 atom stereocenters. The molecule has 0 radical (unpaired) electrons. The number of hydrogen-bond acceptors (Lipinski definition) is 6. The number of carbonyl (C=O) groups excluding carboxylic acids is 4. The van der Waals surface area contributed by atoms with E-state index in [-0.39, 0.29) is 23.1 Å². The van der Waals surface area contributed by atoms with Crippen LogP contribution in [0.5, 0.6) is 5.75 Å². The number of carbonyl (C=O) groups is 4. The minimum atomic E-state index is -0.823. The Morgan fingerprint density at radius 2 is 1.91 bits per heavy atom. The zero-order valence-corrected chi connectivity index (χ0v) is 18.9. The summed E-state index contributed by atoms with van der Waals surface area (Å²) >= 11 is 0. The van der Waals surface area contributed by atoms with Crippen LogP contribution in [0.2, 0.25) is 0 Å². The number of ether oxygens (including phenoxy) is 1. The first-order chi connectivity index (χ1) is 16.8. The number of amides is 5. The maximum absolute atomic E-state index is 13.6. The lowest BCUT2D eigenvalue weighted by Gasteiger charge is -2.15. The number of urea groups is 1. The number of imide groups is 1. The highest BCUT2D eigenvalue weighted by molar-refractivity contribution is 6.05. The molecule has 0 bridgehead atoms. The van der Waals surface area contributed by atoms with Crippen LogP contribution < -0.4 is 20.7 Å². The van der Waals surface area contributed by atoms with Crippen molar-refractivity contribution in [1.82, 2.24) is 20.9 Å². The molecule has 1 saturated heterocycles. The zero-order chi connectivity index (χ0) is 24.9. The van der Waals surface area contributed by atoms with Crippen molar-refractivity contribution in [3.05, 3.63) is 64.2 Å². The van der Waals surface area contributed by atoms with E-state index < -0.39 is 23.8 Å². The molecule has 1 aromatic heterocycles. The lowest BCUT2D eigenvalue weighted by molar-refractivity contribution is -0.120. The summed E-state index contributed by atoms with van der Waals surface area (Å²) in [6, 6.07) is 7.19. The molecule has 0 saturated carbocycles. The third-order valence-electron chi connectivity index (χ3n) is 6.13. The highest BCUT2D eigenvalue weighted by atomic mass is 19.1. The van der Waals surface area contributed by atoms with Gasteiger partial charge in [-0.25, -0.2) is 9.18 Å². The first-order valence-electron chi connectivity index (χ1n) is 10.8. The van der Waals surface area contributed by atoms with Gasteiger partial charge in [0, 0.05) is 31.1 Å². The third kappa shape index (κ3) is 3.84. The molecule has 10 nitrogen and oxygen atoms in total. The molecular weight excluding hydrogens is 459 g/mol. The standard InChI is InChI=1S/C14H11N3O4.C10H10FNO2/c18-12-8-5-9-7(3-6(8)1-2-15-12)4-10(21-9)11-13(19)17-14(20)16-11;1-12-5-6-3-4-7(14-2)9(11)8(6)10(12)13/h3-5,11H,1-2H2,(H,15,18)(H2,16,17,19,20);3-4H,5H2,1-2H3. The summed E-state index contributed by atoms with van der Waals surface area (Å²) < 4.78 is 24.1. The van der Waals surface area contributed by atoms with Crippen molar-refractivity contribution in [2.45, 2.75) is 19.0 Å². The van der Waals surface area contributed by atoms with Crippen molar-refractivity contribution in [2.24, 2.45) is 0 Å². The second-order valence-electron chi connectivity index (χ2n) is 8.37. The van der Waals surface area contributed by atoms with Gasteiger partial charge in [0.2, 0.25) is 0 Å². The van der Waals surface area contributed by atoms with Crippen molar-refractivity contribution in [2.75, 3.05) is 20.7 Å². The van der Waals surface area contributed by atoms with Gasteiger partial charge in [0.1, 0.15) is 11.3 Å². The number of nitrogens with one attached hydrogen (secondary N) is 3. The predicted octanol–water partition coefficient (Wildman–Crippen LogP) is 2.02. The van der Waals surface area contributed by atoms with E-state index in [0.717, 1.165) is 22.9 Å². The number of fused-ring (bicyclic) bond motifs is 3. The Hall–Kier alpha value is -4.41. The van der Waals surface area contributed by atoms with Crippen molar-refractivity contribution in [3.8, 4) is 5.75 Å².